The van der Waals surface area contributed by atoms with Crippen molar-refractivity contribution >= 4 is 93.8 Å². The van der Waals surface area contributed by atoms with E-state index in [0.717, 1.165) is 34.5 Å². The van der Waals surface area contributed by atoms with Crippen LogP contribution in [0.5, 0.6) is 0 Å². The number of thioether (sulfide) groups is 6. The summed E-state index contributed by atoms with van der Waals surface area (Å²) in [5, 5.41) is 18.7. The lowest BCUT2D eigenvalue weighted by molar-refractivity contribution is 0.223. The largest absolute Gasteiger partial charge is 0.391 e. The molecule has 2 N–H and O–H groups in total. The van der Waals surface area contributed by atoms with Gasteiger partial charge >= 0.3 is 0 Å². The second-order valence-corrected chi connectivity index (χ2v) is 13.9. The average molecular weight is 520 g/mol. The lowest BCUT2D eigenvalue weighted by Crippen LogP contribution is -2.11. The molecule has 0 aromatic rings. The topological polar surface area (TPSA) is 40.5 Å². The number of aliphatic hydroxyl groups is 2. The molecule has 0 bridgehead atoms. The Morgan fingerprint density at radius 2 is 0.962 bits per heavy atom. The van der Waals surface area contributed by atoms with Crippen LogP contribution in [0.4, 0.5) is 0 Å². The van der Waals surface area contributed by atoms with Crippen LogP contribution in [-0.4, -0.2) is 96.3 Å². The first kappa shape index (κ1) is 28.6. The van der Waals surface area contributed by atoms with Crippen molar-refractivity contribution in [3.63, 3.8) is 0 Å². The minimum absolute atomic E-state index is 0.336. The predicted octanol–water partition coefficient (Wildman–Crippen LogP) is 4.93. The molecule has 2 atom stereocenters. The molecule has 0 fully saturated rings. The number of alkyl halides is 2. The molecule has 0 saturated heterocycles. The van der Waals surface area contributed by atoms with Crippen LogP contribution in [0.1, 0.15) is 6.92 Å². The molecule has 158 valence electrons. The summed E-state index contributed by atoms with van der Waals surface area (Å²) in [7, 11) is 0. The van der Waals surface area contributed by atoms with E-state index in [2.05, 4.69) is 30.4 Å². The third-order valence-electron chi connectivity index (χ3n) is 2.88. The molecule has 0 aliphatic carbocycles. The van der Waals surface area contributed by atoms with Gasteiger partial charge in [0.15, 0.2) is 0 Å². The molecule has 2 nitrogen and oxygen atoms in total. The monoisotopic (exact) mass is 518 g/mol. The molecule has 10 heteroatoms. The van der Waals surface area contributed by atoms with Crippen molar-refractivity contribution in [3.05, 3.63) is 0 Å². The van der Waals surface area contributed by atoms with E-state index in [-0.39, 0.29) is 12.2 Å². The van der Waals surface area contributed by atoms with E-state index in [4.69, 9.17) is 23.2 Å². The second-order valence-electron chi connectivity index (χ2n) is 5.30. The summed E-state index contributed by atoms with van der Waals surface area (Å²) in [5.74, 6) is 11.5. The van der Waals surface area contributed by atoms with E-state index in [9.17, 15) is 10.2 Å². The molecule has 0 aromatic heterocycles. The van der Waals surface area contributed by atoms with Gasteiger partial charge in [-0.15, -0.1) is 46.7 Å². The molecule has 0 saturated carbocycles. The quantitative estimate of drug-likeness (QED) is 0.133. The SMILES string of the molecule is CC(SCCSCCSCC(O)CCl)SCCSCCSCC(O)CCl. The molecular formula is C16H32Cl2O2S6. The first-order chi connectivity index (χ1) is 12.6. The molecule has 0 heterocycles. The summed E-state index contributed by atoms with van der Waals surface area (Å²) >= 11 is 22.8. The number of aliphatic hydroxyl groups excluding tert-OH is 2. The predicted molar refractivity (Wildman–Crippen MR) is 137 cm³/mol. The van der Waals surface area contributed by atoms with Crippen molar-refractivity contribution < 1.29 is 10.2 Å². The maximum atomic E-state index is 9.35. The van der Waals surface area contributed by atoms with Gasteiger partial charge < -0.3 is 10.2 Å². The summed E-state index contributed by atoms with van der Waals surface area (Å²) < 4.78 is 0.665. The van der Waals surface area contributed by atoms with Crippen LogP contribution in [0.2, 0.25) is 0 Å². The summed E-state index contributed by atoms with van der Waals surface area (Å²) in [5.41, 5.74) is 0. The smallest absolute Gasteiger partial charge is 0.0765 e. The third-order valence-corrected chi connectivity index (χ3v) is 11.5. The van der Waals surface area contributed by atoms with Crippen LogP contribution in [0.15, 0.2) is 0 Å². The highest BCUT2D eigenvalue weighted by Crippen LogP contribution is 2.25. The van der Waals surface area contributed by atoms with Gasteiger partial charge in [-0.05, 0) is 6.92 Å². The maximum Gasteiger partial charge on any atom is 0.0765 e. The highest BCUT2D eigenvalue weighted by atomic mass is 35.5. The average Bonchev–Trinajstić information content (AvgIpc) is 2.65. The minimum atomic E-state index is -0.360. The molecule has 0 amide bonds. The van der Waals surface area contributed by atoms with Gasteiger partial charge in [-0.3, -0.25) is 0 Å². The number of halogens is 2. The second kappa shape index (κ2) is 22.3. The van der Waals surface area contributed by atoms with Crippen molar-refractivity contribution in [3.8, 4) is 0 Å². The van der Waals surface area contributed by atoms with Crippen LogP contribution in [0, 0.1) is 0 Å². The number of rotatable bonds is 20. The van der Waals surface area contributed by atoms with E-state index in [1.165, 1.54) is 23.0 Å². The van der Waals surface area contributed by atoms with Crippen molar-refractivity contribution in [2.75, 3.05) is 69.3 Å². The fraction of sp³-hybridized carbons (Fsp3) is 1.00. The van der Waals surface area contributed by atoms with Gasteiger partial charge in [0.05, 0.1) is 12.2 Å². The van der Waals surface area contributed by atoms with Crippen LogP contribution in [0.3, 0.4) is 0 Å². The van der Waals surface area contributed by atoms with Crippen LogP contribution < -0.4 is 0 Å². The van der Waals surface area contributed by atoms with E-state index >= 15 is 0 Å². The fourth-order valence-electron chi connectivity index (χ4n) is 1.56. The first-order valence-corrected chi connectivity index (χ1v) is 16.4. The summed E-state index contributed by atoms with van der Waals surface area (Å²) in [6, 6.07) is 0. The highest BCUT2D eigenvalue weighted by Gasteiger charge is 2.04. The third kappa shape index (κ3) is 21.3. The highest BCUT2D eigenvalue weighted by molar-refractivity contribution is 8.17. The Bertz CT molecular complexity index is 269. The molecule has 2 unspecified atom stereocenters. The normalized spacial score (nSPS) is 15.1. The molecule has 0 aliphatic rings. The Balaban J connectivity index is 3.21. The van der Waals surface area contributed by atoms with Gasteiger partial charge in [0.1, 0.15) is 0 Å². The van der Waals surface area contributed by atoms with E-state index in [1.54, 1.807) is 23.5 Å². The van der Waals surface area contributed by atoms with E-state index < -0.39 is 0 Å². The molecule has 0 aliphatic heterocycles. The number of hydrogen-bond donors (Lipinski definition) is 2. The van der Waals surface area contributed by atoms with Gasteiger partial charge in [-0.1, -0.05) is 0 Å². The van der Waals surface area contributed by atoms with Crippen molar-refractivity contribution in [1.29, 1.82) is 0 Å². The maximum absolute atomic E-state index is 9.35. The number of hydrogen-bond acceptors (Lipinski definition) is 8. The summed E-state index contributed by atoms with van der Waals surface area (Å²) in [6.45, 7) is 2.30. The Morgan fingerprint density at radius 1 is 0.615 bits per heavy atom. The van der Waals surface area contributed by atoms with Crippen molar-refractivity contribution in [1.82, 2.24) is 0 Å². The van der Waals surface area contributed by atoms with Gasteiger partial charge in [0.25, 0.3) is 0 Å². The zero-order valence-corrected chi connectivity index (χ0v) is 21.7. The van der Waals surface area contributed by atoms with Gasteiger partial charge in [-0.2, -0.15) is 47.0 Å². The lowest BCUT2D eigenvalue weighted by Gasteiger charge is -2.11. The Kier molecular flexibility index (Phi) is 24.5. The molecule has 26 heavy (non-hydrogen) atoms. The molecule has 0 radical (unpaired) electrons. The van der Waals surface area contributed by atoms with Crippen molar-refractivity contribution in [2.45, 2.75) is 23.7 Å². The molecule has 0 rings (SSSR count). The molecule has 0 spiro atoms. The van der Waals surface area contributed by atoms with Crippen LogP contribution in [0.25, 0.3) is 0 Å². The fourth-order valence-corrected chi connectivity index (χ4v) is 8.78. The van der Waals surface area contributed by atoms with Gasteiger partial charge in [0, 0.05) is 73.9 Å². The Morgan fingerprint density at radius 3 is 1.35 bits per heavy atom. The summed E-state index contributed by atoms with van der Waals surface area (Å²) in [6.07, 6.45) is -0.721. The van der Waals surface area contributed by atoms with Crippen molar-refractivity contribution in [2.24, 2.45) is 0 Å². The standard InChI is InChI=1S/C16H32Cl2O2S6/c1-14(25-8-6-21-2-4-23-12-15(19)10-17)26-9-7-22-3-5-24-13-16(20)11-18/h14-16,19-20H,2-13H2,1H3. The van der Waals surface area contributed by atoms with E-state index in [1.807, 2.05) is 23.5 Å². The zero-order valence-electron chi connectivity index (χ0n) is 15.3. The lowest BCUT2D eigenvalue weighted by atomic mass is 10.5. The van der Waals surface area contributed by atoms with Gasteiger partial charge in [-0.25, -0.2) is 0 Å². The zero-order chi connectivity index (χ0) is 19.5. The van der Waals surface area contributed by atoms with E-state index in [0.29, 0.717) is 16.3 Å². The summed E-state index contributed by atoms with van der Waals surface area (Å²) in [4.78, 5) is 0. The van der Waals surface area contributed by atoms with Gasteiger partial charge in [0.2, 0.25) is 0 Å². The molecule has 0 aromatic carbocycles. The minimum Gasteiger partial charge on any atom is -0.391 e. The Labute approximate surface area is 195 Å². The molecular weight excluding hydrogens is 487 g/mol. The Hall–Kier alpha value is 2.60. The van der Waals surface area contributed by atoms with Crippen LogP contribution in [-0.2, 0) is 0 Å². The van der Waals surface area contributed by atoms with Crippen LogP contribution >= 0.6 is 93.8 Å². The first-order valence-electron chi connectivity index (χ1n) is 8.62.